The molecular formula is C23H25Cl2N5O6S2. The summed E-state index contributed by atoms with van der Waals surface area (Å²) in [6.07, 6.45) is 0.520. The summed E-state index contributed by atoms with van der Waals surface area (Å²) < 4.78 is 27.2. The minimum Gasteiger partial charge on any atom is -0.390 e. The number of halogens is 2. The lowest BCUT2D eigenvalue weighted by Gasteiger charge is -2.19. The van der Waals surface area contributed by atoms with Crippen LogP contribution in [0.25, 0.3) is 0 Å². The van der Waals surface area contributed by atoms with Crippen molar-refractivity contribution in [2.45, 2.75) is 37.1 Å². The Kier molecular flexibility index (Phi) is 9.02. The number of nitrogens with zero attached hydrogens (tertiary/aromatic N) is 2. The fraction of sp³-hybridized carbons (Fsp3) is 0.348. The highest BCUT2D eigenvalue weighted by molar-refractivity contribution is 7.84. The molecule has 1 saturated carbocycles. The van der Waals surface area contributed by atoms with Gasteiger partial charge < -0.3 is 21.3 Å². The van der Waals surface area contributed by atoms with E-state index in [2.05, 4.69) is 19.5 Å². The number of aliphatic hydroxyl groups excluding tert-OH is 2. The first-order valence-electron chi connectivity index (χ1n) is 11.4. The predicted molar refractivity (Wildman–Crippen MR) is 143 cm³/mol. The van der Waals surface area contributed by atoms with E-state index in [-0.39, 0.29) is 23.8 Å². The second-order valence-electron chi connectivity index (χ2n) is 8.89. The fourth-order valence-corrected chi connectivity index (χ4v) is 6.10. The van der Waals surface area contributed by atoms with Crippen LogP contribution in [0, 0.1) is 5.92 Å². The summed E-state index contributed by atoms with van der Waals surface area (Å²) in [5, 5.41) is 29.2. The van der Waals surface area contributed by atoms with Crippen LogP contribution in [0.4, 0.5) is 5.82 Å². The number of benzene rings is 1. The molecule has 15 heteroatoms. The number of carbonyl (C=O) groups is 1. The lowest BCUT2D eigenvalue weighted by atomic mass is 10.0. The molecule has 0 radical (unpaired) electrons. The van der Waals surface area contributed by atoms with Gasteiger partial charge in [0.15, 0.2) is 0 Å². The average Bonchev–Trinajstić information content (AvgIpc) is 3.36. The van der Waals surface area contributed by atoms with Gasteiger partial charge in [-0.15, -0.1) is 11.3 Å². The number of carbonyl (C=O) groups excluding carboxylic acids is 1. The van der Waals surface area contributed by atoms with Crippen molar-refractivity contribution in [2.24, 2.45) is 16.8 Å². The van der Waals surface area contributed by atoms with Gasteiger partial charge in [0.05, 0.1) is 33.5 Å². The Bertz CT molecular complexity index is 1420. The summed E-state index contributed by atoms with van der Waals surface area (Å²) in [4.78, 5) is 21.8. The Labute approximate surface area is 233 Å². The molecule has 0 spiro atoms. The van der Waals surface area contributed by atoms with Gasteiger partial charge in [-0.1, -0.05) is 35.3 Å². The molecule has 7 N–H and O–H groups in total. The number of nitrogens with two attached hydrogens (primary N) is 2. The summed E-state index contributed by atoms with van der Waals surface area (Å²) in [7, 11) is -4.21. The zero-order valence-corrected chi connectivity index (χ0v) is 22.8. The van der Waals surface area contributed by atoms with Gasteiger partial charge >= 0.3 is 10.3 Å². The van der Waals surface area contributed by atoms with Crippen LogP contribution in [0.2, 0.25) is 9.36 Å². The van der Waals surface area contributed by atoms with E-state index in [9.17, 15) is 23.4 Å². The molecule has 1 aliphatic rings. The first-order chi connectivity index (χ1) is 17.9. The fourth-order valence-electron chi connectivity index (χ4n) is 4.28. The van der Waals surface area contributed by atoms with Crippen molar-refractivity contribution in [3.05, 3.63) is 73.8 Å². The van der Waals surface area contributed by atoms with Gasteiger partial charge in [0.25, 0.3) is 0 Å². The Morgan fingerprint density at radius 2 is 2.03 bits per heavy atom. The average molecular weight is 603 g/mol. The maximum absolute atomic E-state index is 13.4. The molecule has 38 heavy (non-hydrogen) atoms. The Morgan fingerprint density at radius 3 is 2.74 bits per heavy atom. The minimum atomic E-state index is -4.21. The summed E-state index contributed by atoms with van der Waals surface area (Å²) in [5.41, 5.74) is 8.00. The number of rotatable bonds is 10. The molecule has 1 fully saturated rings. The topological polar surface area (TPSA) is 191 Å². The number of anilines is 1. The maximum atomic E-state index is 13.4. The van der Waals surface area contributed by atoms with Gasteiger partial charge in [0.1, 0.15) is 18.2 Å². The standard InChI is InChI=1S/C23H25Cl2N5O6S2/c24-14-3-1-2-11(4-14)16(26)5-12-7-18(37-22(12)25)20(32)15-8-28-10-29-23(15)30-17-6-13(19(31)21(17)33)9-36-38(27,34)35/h1-4,7-8,10,13,16-17,19,21,31,33H,5-6,9,26H2,(H2,27,34,35)(H,28,29,30)/t13-,16+,17-,19-,21+/m1/s1. The molecule has 0 saturated heterocycles. The molecule has 3 aromatic rings. The van der Waals surface area contributed by atoms with Crippen LogP contribution in [-0.2, 0) is 20.9 Å². The van der Waals surface area contributed by atoms with E-state index in [0.29, 0.717) is 26.2 Å². The first kappa shape index (κ1) is 28.8. The number of aliphatic hydroxyl groups is 2. The van der Waals surface area contributed by atoms with Crippen molar-refractivity contribution in [3.63, 3.8) is 0 Å². The molecule has 0 aliphatic heterocycles. The Hall–Kier alpha value is -2.20. The quantitative estimate of drug-likeness (QED) is 0.215. The largest absolute Gasteiger partial charge is 0.390 e. The molecule has 5 atom stereocenters. The van der Waals surface area contributed by atoms with E-state index >= 15 is 0 Å². The molecule has 0 unspecified atom stereocenters. The Morgan fingerprint density at radius 1 is 1.26 bits per heavy atom. The number of ketones is 1. The molecule has 2 heterocycles. The monoisotopic (exact) mass is 601 g/mol. The number of aromatic nitrogens is 2. The zero-order valence-electron chi connectivity index (χ0n) is 19.7. The number of hydrogen-bond donors (Lipinski definition) is 5. The van der Waals surface area contributed by atoms with Crippen LogP contribution >= 0.6 is 34.5 Å². The van der Waals surface area contributed by atoms with Crippen LogP contribution in [0.1, 0.15) is 38.8 Å². The van der Waals surface area contributed by atoms with Gasteiger partial charge in [0.2, 0.25) is 5.78 Å². The predicted octanol–water partition coefficient (Wildman–Crippen LogP) is 2.06. The van der Waals surface area contributed by atoms with E-state index in [1.54, 1.807) is 24.3 Å². The van der Waals surface area contributed by atoms with Crippen LogP contribution in [0.15, 0.2) is 42.9 Å². The van der Waals surface area contributed by atoms with E-state index in [1.165, 1.54) is 12.5 Å². The second kappa shape index (κ2) is 11.9. The zero-order chi connectivity index (χ0) is 27.6. The molecule has 1 aliphatic carbocycles. The highest BCUT2D eigenvalue weighted by atomic mass is 35.5. The molecule has 1 aromatic carbocycles. The van der Waals surface area contributed by atoms with Crippen molar-refractivity contribution in [2.75, 3.05) is 11.9 Å². The Balaban J connectivity index is 1.49. The van der Waals surface area contributed by atoms with Crippen molar-refractivity contribution >= 4 is 56.4 Å². The normalized spacial score (nSPS) is 22.4. The molecule has 2 aromatic heterocycles. The number of hydrogen-bond acceptors (Lipinski definition) is 11. The maximum Gasteiger partial charge on any atom is 0.333 e. The van der Waals surface area contributed by atoms with Crippen LogP contribution in [-0.4, -0.2) is 59.2 Å². The lowest BCUT2D eigenvalue weighted by Crippen LogP contribution is -2.36. The molecule has 0 amide bonds. The van der Waals surface area contributed by atoms with E-state index < -0.39 is 46.9 Å². The smallest absolute Gasteiger partial charge is 0.333 e. The summed E-state index contributed by atoms with van der Waals surface area (Å²) in [6.45, 7) is -0.404. The van der Waals surface area contributed by atoms with Gasteiger partial charge in [0, 0.05) is 23.2 Å². The highest BCUT2D eigenvalue weighted by Crippen LogP contribution is 2.34. The molecule has 4 rings (SSSR count). The van der Waals surface area contributed by atoms with Gasteiger partial charge in [-0.2, -0.15) is 8.42 Å². The number of nitrogens with one attached hydrogen (secondary N) is 1. The van der Waals surface area contributed by atoms with Crippen LogP contribution < -0.4 is 16.2 Å². The SMILES string of the molecule is N[C@@H](Cc1cc(C(=O)c2cncnc2N[C@@H]2C[C@H](COS(N)(=O)=O)[C@@H](O)[C@H]2O)sc1Cl)c1cccc(Cl)c1. The first-order valence-corrected chi connectivity index (χ1v) is 14.4. The number of thiophene rings is 1. The van der Waals surface area contributed by atoms with E-state index in [0.717, 1.165) is 16.9 Å². The summed E-state index contributed by atoms with van der Waals surface area (Å²) >= 11 is 13.6. The third-order valence-corrected chi connectivity index (χ3v) is 8.36. The summed E-state index contributed by atoms with van der Waals surface area (Å²) in [6, 6.07) is 7.73. The van der Waals surface area contributed by atoms with Gasteiger partial charge in [-0.3, -0.25) is 8.98 Å². The molecular weight excluding hydrogens is 577 g/mol. The molecule has 204 valence electrons. The van der Waals surface area contributed by atoms with Crippen molar-refractivity contribution < 1.29 is 27.6 Å². The van der Waals surface area contributed by atoms with Crippen molar-refractivity contribution in [1.82, 2.24) is 9.97 Å². The van der Waals surface area contributed by atoms with Crippen LogP contribution in [0.5, 0.6) is 0 Å². The molecule has 0 bridgehead atoms. The second-order valence-corrected chi connectivity index (χ2v) is 12.2. The highest BCUT2D eigenvalue weighted by Gasteiger charge is 2.42. The van der Waals surface area contributed by atoms with Crippen LogP contribution in [0.3, 0.4) is 0 Å². The van der Waals surface area contributed by atoms with Gasteiger partial charge in [-0.05, 0) is 42.2 Å². The minimum absolute atomic E-state index is 0.127. The third kappa shape index (κ3) is 6.86. The molecule has 11 nitrogen and oxygen atoms in total. The van der Waals surface area contributed by atoms with Crippen molar-refractivity contribution in [1.29, 1.82) is 0 Å². The summed E-state index contributed by atoms with van der Waals surface area (Å²) in [5.74, 6) is -0.982. The van der Waals surface area contributed by atoms with E-state index in [4.69, 9.17) is 34.1 Å². The lowest BCUT2D eigenvalue weighted by molar-refractivity contribution is 0.00778. The van der Waals surface area contributed by atoms with Crippen molar-refractivity contribution in [3.8, 4) is 0 Å². The third-order valence-electron chi connectivity index (χ3n) is 6.23. The van der Waals surface area contributed by atoms with Gasteiger partial charge in [-0.25, -0.2) is 15.1 Å². The van der Waals surface area contributed by atoms with E-state index in [1.807, 2.05) is 6.07 Å².